The predicted octanol–water partition coefficient (Wildman–Crippen LogP) is 13.9. The smallest absolute Gasteiger partial charge is 0.416 e. The second kappa shape index (κ2) is 20.8. The van der Waals surface area contributed by atoms with Crippen LogP contribution in [0.4, 0.5) is 26.3 Å². The van der Waals surface area contributed by atoms with Crippen LogP contribution in [0.15, 0.2) is 156 Å². The number of alkyl halides is 6. The lowest BCUT2D eigenvalue weighted by atomic mass is 9.95. The summed E-state index contributed by atoms with van der Waals surface area (Å²) in [4.78, 5) is 0. The van der Waals surface area contributed by atoms with Gasteiger partial charge in [0.15, 0.2) is 9.84 Å². The van der Waals surface area contributed by atoms with Gasteiger partial charge in [-0.05, 0) is 121 Å². The Hall–Kier alpha value is -5.07. The SMILES string of the molecule is CCOc1cc(C(F)(F)F)ccc1C1(C=CS(=O)(=O)C=CC2(c3ccc(C(F)(F)F)cc3OCC)NC(c3ccc(Cl)cc3)C(c3ccc(Cl)cc3)N2)NC(c2ccc(Cl)cc2)C(c2ccc(Cl)cc2)N1. The second-order valence-electron chi connectivity index (χ2n) is 16.8. The van der Waals surface area contributed by atoms with Crippen molar-refractivity contribution < 1.29 is 44.2 Å². The number of nitrogens with one attached hydrogen (secondary N) is 4. The summed E-state index contributed by atoms with van der Waals surface area (Å²) < 4.78 is 127. The molecule has 4 atom stereocenters. The summed E-state index contributed by atoms with van der Waals surface area (Å²) in [6, 6.07) is 30.8. The predicted molar refractivity (Wildman–Crippen MR) is 265 cm³/mol. The first-order chi connectivity index (χ1) is 33.6. The van der Waals surface area contributed by atoms with Crippen molar-refractivity contribution in [3.63, 3.8) is 0 Å². The first-order valence-corrected chi connectivity index (χ1v) is 25.2. The molecule has 0 radical (unpaired) electrons. The monoisotopic (exact) mass is 1070 g/mol. The normalized spacial score (nSPS) is 22.9. The highest BCUT2D eigenvalue weighted by molar-refractivity contribution is 7.97. The summed E-state index contributed by atoms with van der Waals surface area (Å²) in [7, 11) is -4.55. The number of benzene rings is 6. The van der Waals surface area contributed by atoms with E-state index in [4.69, 9.17) is 55.9 Å². The molecule has 6 aromatic carbocycles. The molecule has 4 N–H and O–H groups in total. The fourth-order valence-electron chi connectivity index (χ4n) is 8.90. The minimum atomic E-state index is -4.75. The number of sulfone groups is 1. The van der Waals surface area contributed by atoms with Gasteiger partial charge in [0.25, 0.3) is 0 Å². The zero-order valence-electron chi connectivity index (χ0n) is 37.6. The third kappa shape index (κ3) is 11.6. The van der Waals surface area contributed by atoms with E-state index in [0.717, 1.165) is 35.1 Å². The van der Waals surface area contributed by atoms with Gasteiger partial charge in [-0.2, -0.15) is 26.3 Å². The maximum atomic E-state index is 14.7. The van der Waals surface area contributed by atoms with E-state index in [-0.39, 0.29) is 35.8 Å². The van der Waals surface area contributed by atoms with E-state index in [1.807, 2.05) is 0 Å². The van der Waals surface area contributed by atoms with Gasteiger partial charge in [-0.3, -0.25) is 21.3 Å². The Kier molecular flexibility index (Phi) is 15.3. The molecule has 0 aromatic heterocycles. The van der Waals surface area contributed by atoms with Gasteiger partial charge in [0, 0.05) is 42.0 Å². The molecule has 2 heterocycles. The maximum absolute atomic E-state index is 14.7. The molecule has 8 rings (SSSR count). The van der Waals surface area contributed by atoms with Crippen molar-refractivity contribution in [2.75, 3.05) is 13.2 Å². The molecule has 8 nitrogen and oxygen atoms in total. The molecule has 2 saturated heterocycles. The quantitative estimate of drug-likeness (QED) is 0.0801. The average Bonchev–Trinajstić information content (AvgIpc) is 3.92. The fraction of sp³-hybridized carbons (Fsp3) is 0.231. The van der Waals surface area contributed by atoms with Crippen LogP contribution in [-0.4, -0.2) is 21.6 Å². The van der Waals surface area contributed by atoms with Crippen molar-refractivity contribution in [3.8, 4) is 11.5 Å². The number of halogens is 10. The number of rotatable bonds is 14. The molecule has 19 heteroatoms. The van der Waals surface area contributed by atoms with Gasteiger partial charge >= 0.3 is 12.4 Å². The Labute approximate surface area is 426 Å². The van der Waals surface area contributed by atoms with Crippen LogP contribution in [0.3, 0.4) is 0 Å². The number of hydrogen-bond donors (Lipinski definition) is 4. The van der Waals surface area contributed by atoms with Crippen molar-refractivity contribution >= 4 is 56.2 Å². The fourth-order valence-corrected chi connectivity index (χ4v) is 10.3. The van der Waals surface area contributed by atoms with Gasteiger partial charge in [-0.1, -0.05) is 107 Å². The molecule has 372 valence electrons. The van der Waals surface area contributed by atoms with Crippen LogP contribution in [0.1, 0.15) is 82.5 Å². The van der Waals surface area contributed by atoms with Crippen LogP contribution in [0.2, 0.25) is 20.1 Å². The Balaban J connectivity index is 1.30. The average molecular weight is 1080 g/mol. The Morgan fingerprint density at radius 1 is 0.479 bits per heavy atom. The first-order valence-electron chi connectivity index (χ1n) is 22.1. The van der Waals surface area contributed by atoms with E-state index in [1.165, 1.54) is 24.3 Å². The Bertz CT molecular complexity index is 2730. The van der Waals surface area contributed by atoms with Crippen LogP contribution in [0.25, 0.3) is 0 Å². The lowest BCUT2D eigenvalue weighted by Gasteiger charge is -2.31. The molecule has 0 bridgehead atoms. The minimum Gasteiger partial charge on any atom is -0.493 e. The minimum absolute atomic E-state index is 0.0415. The lowest BCUT2D eigenvalue weighted by Crippen LogP contribution is -2.45. The highest BCUT2D eigenvalue weighted by Gasteiger charge is 2.49. The molecular weight excluding hydrogens is 1030 g/mol. The van der Waals surface area contributed by atoms with Crippen LogP contribution < -0.4 is 30.7 Å². The zero-order valence-corrected chi connectivity index (χ0v) is 41.4. The summed E-state index contributed by atoms with van der Waals surface area (Å²) >= 11 is 25.2. The van der Waals surface area contributed by atoms with Gasteiger partial charge in [0.05, 0.1) is 48.5 Å². The van der Waals surface area contributed by atoms with Crippen LogP contribution >= 0.6 is 46.4 Å². The molecule has 0 amide bonds. The lowest BCUT2D eigenvalue weighted by molar-refractivity contribution is -0.138. The summed E-state index contributed by atoms with van der Waals surface area (Å²) in [5, 5.41) is 17.6. The van der Waals surface area contributed by atoms with E-state index in [1.54, 1.807) is 111 Å². The molecule has 0 saturated carbocycles. The summed E-state index contributed by atoms with van der Waals surface area (Å²) in [5.74, 6) is -0.367. The third-order valence-corrected chi connectivity index (χ3v) is 14.2. The number of ether oxygens (including phenoxy) is 2. The number of hydrogen-bond acceptors (Lipinski definition) is 8. The largest absolute Gasteiger partial charge is 0.493 e. The van der Waals surface area contributed by atoms with E-state index in [9.17, 15) is 34.8 Å². The molecule has 2 aliphatic rings. The topological polar surface area (TPSA) is 101 Å². The molecule has 2 fully saturated rings. The highest BCUT2D eigenvalue weighted by Crippen LogP contribution is 2.48. The zero-order chi connectivity index (χ0) is 50.9. The Morgan fingerprint density at radius 2 is 0.746 bits per heavy atom. The van der Waals surface area contributed by atoms with Crippen LogP contribution in [0.5, 0.6) is 11.5 Å². The molecule has 6 aromatic rings. The molecule has 0 spiro atoms. The van der Waals surface area contributed by atoms with Crippen molar-refractivity contribution in [2.45, 2.75) is 61.7 Å². The van der Waals surface area contributed by atoms with E-state index in [0.29, 0.717) is 42.3 Å². The van der Waals surface area contributed by atoms with E-state index in [2.05, 4.69) is 21.3 Å². The first kappa shape index (κ1) is 52.3. The van der Waals surface area contributed by atoms with Gasteiger partial charge < -0.3 is 9.47 Å². The van der Waals surface area contributed by atoms with Crippen molar-refractivity contribution in [2.24, 2.45) is 0 Å². The van der Waals surface area contributed by atoms with Crippen molar-refractivity contribution in [3.05, 3.63) is 221 Å². The van der Waals surface area contributed by atoms with Crippen LogP contribution in [-0.2, 0) is 33.5 Å². The van der Waals surface area contributed by atoms with Crippen LogP contribution in [0, 0.1) is 0 Å². The summed E-state index contributed by atoms with van der Waals surface area (Å²) in [5.41, 5.74) is -2.50. The highest BCUT2D eigenvalue weighted by atomic mass is 35.5. The van der Waals surface area contributed by atoms with E-state index < -0.39 is 68.8 Å². The van der Waals surface area contributed by atoms with Crippen molar-refractivity contribution in [1.29, 1.82) is 0 Å². The molecule has 71 heavy (non-hydrogen) atoms. The van der Waals surface area contributed by atoms with E-state index >= 15 is 0 Å². The summed E-state index contributed by atoms with van der Waals surface area (Å²) in [6.45, 7) is 3.13. The maximum Gasteiger partial charge on any atom is 0.416 e. The summed E-state index contributed by atoms with van der Waals surface area (Å²) in [6.07, 6.45) is -6.92. The Morgan fingerprint density at radius 3 is 0.986 bits per heavy atom. The van der Waals surface area contributed by atoms with Gasteiger partial charge in [-0.15, -0.1) is 0 Å². The van der Waals surface area contributed by atoms with Gasteiger partial charge in [-0.25, -0.2) is 8.42 Å². The van der Waals surface area contributed by atoms with Crippen molar-refractivity contribution in [1.82, 2.24) is 21.3 Å². The third-order valence-electron chi connectivity index (χ3n) is 12.2. The molecule has 2 aliphatic heterocycles. The molecular formula is C52H44Cl4F6N4O4S. The van der Waals surface area contributed by atoms with Gasteiger partial charge in [0.2, 0.25) is 0 Å². The standard InChI is InChI=1S/C52H44Cl4F6N4O4S/c1-3-69-43-29-35(51(57,58)59)13-23-41(43)49(63-45(31-5-15-37(53)16-6-31)46(64-49)32-7-17-38(54)18-8-32)25-27-71(67,68)28-26-50(42-24-14-36(52(60,61)62)30-44(42)70-4-2)65-47(33-9-19-39(55)20-10-33)48(66-50)34-11-21-40(56)22-12-34/h5-30,45-48,63-66H,3-4H2,1-2H3. The van der Waals surface area contributed by atoms with Gasteiger partial charge in [0.1, 0.15) is 22.8 Å². The molecule has 4 unspecified atom stereocenters. The second-order valence-corrected chi connectivity index (χ2v) is 20.3. The molecule has 0 aliphatic carbocycles.